The van der Waals surface area contributed by atoms with Gasteiger partial charge in [0, 0.05) is 37.4 Å². The van der Waals surface area contributed by atoms with Gasteiger partial charge in [-0.15, -0.1) is 0 Å². The molecule has 2 heterocycles. The Bertz CT molecular complexity index is 1180. The van der Waals surface area contributed by atoms with E-state index in [2.05, 4.69) is 5.32 Å². The highest BCUT2D eigenvalue weighted by atomic mass is 32.2. The van der Waals surface area contributed by atoms with Crippen molar-refractivity contribution in [3.05, 3.63) is 59.7 Å². The van der Waals surface area contributed by atoms with Crippen LogP contribution in [0.5, 0.6) is 0 Å². The largest absolute Gasteiger partial charge is 0.379 e. The number of sulfonamides is 2. The van der Waals surface area contributed by atoms with Crippen molar-refractivity contribution in [2.75, 3.05) is 44.7 Å². The summed E-state index contributed by atoms with van der Waals surface area (Å²) in [5, 5.41) is 2.74. The average molecular weight is 494 g/mol. The van der Waals surface area contributed by atoms with Gasteiger partial charge < -0.3 is 10.1 Å². The zero-order chi connectivity index (χ0) is 23.5. The van der Waals surface area contributed by atoms with Crippen molar-refractivity contribution < 1.29 is 26.4 Å². The van der Waals surface area contributed by atoms with Crippen molar-refractivity contribution in [1.29, 1.82) is 0 Å². The Hall–Kier alpha value is -2.31. The van der Waals surface area contributed by atoms with Gasteiger partial charge in [0.1, 0.15) is 0 Å². The van der Waals surface area contributed by atoms with Gasteiger partial charge in [0.2, 0.25) is 20.0 Å². The number of carbonyl (C=O) groups is 1. The normalized spacial score (nSPS) is 18.3. The predicted molar refractivity (Wildman–Crippen MR) is 124 cm³/mol. The molecule has 2 aliphatic rings. The van der Waals surface area contributed by atoms with Gasteiger partial charge in [-0.1, -0.05) is 12.1 Å². The van der Waals surface area contributed by atoms with Gasteiger partial charge in [0.25, 0.3) is 5.91 Å². The van der Waals surface area contributed by atoms with E-state index in [0.717, 1.165) is 12.8 Å². The summed E-state index contributed by atoms with van der Waals surface area (Å²) in [6.45, 7) is 2.50. The van der Waals surface area contributed by atoms with E-state index in [1.165, 1.54) is 20.7 Å². The van der Waals surface area contributed by atoms with Crippen LogP contribution >= 0.6 is 0 Å². The summed E-state index contributed by atoms with van der Waals surface area (Å²) in [4.78, 5) is 12.7. The third-order valence-corrected chi connectivity index (χ3v) is 9.51. The first-order chi connectivity index (χ1) is 15.8. The van der Waals surface area contributed by atoms with Crippen LogP contribution in [-0.2, 0) is 30.5 Å². The number of ether oxygens (including phenoxy) is 1. The van der Waals surface area contributed by atoms with Crippen LogP contribution in [0.15, 0.2) is 53.4 Å². The Morgan fingerprint density at radius 2 is 1.42 bits per heavy atom. The first-order valence-corrected chi connectivity index (χ1v) is 13.9. The minimum Gasteiger partial charge on any atom is -0.379 e. The Morgan fingerprint density at radius 1 is 0.818 bits per heavy atom. The number of benzene rings is 2. The standard InChI is InChI=1S/C22H27N3O6S2/c26-22(19-5-3-18(4-6-19)17-32(27,28)24-11-1-2-12-24)23-20-7-9-21(10-8-20)33(29,30)25-13-15-31-16-14-25/h3-10H,1-2,11-17H2,(H,23,26). The number of morpholine rings is 1. The van der Waals surface area contributed by atoms with Crippen LogP contribution in [0.25, 0.3) is 0 Å². The van der Waals surface area contributed by atoms with Crippen molar-refractivity contribution in [2.24, 2.45) is 0 Å². The second-order valence-corrected chi connectivity index (χ2v) is 12.0. The summed E-state index contributed by atoms with van der Waals surface area (Å²) in [7, 11) is -6.94. The molecule has 2 fully saturated rings. The second-order valence-electron chi connectivity index (χ2n) is 8.05. The summed E-state index contributed by atoms with van der Waals surface area (Å²) < 4.78 is 58.4. The van der Waals surface area contributed by atoms with E-state index in [1.807, 2.05) is 0 Å². The molecule has 0 unspecified atom stereocenters. The second kappa shape index (κ2) is 9.90. The minimum absolute atomic E-state index is 0.0893. The third-order valence-electron chi connectivity index (χ3n) is 5.74. The van der Waals surface area contributed by atoms with Crippen molar-refractivity contribution in [2.45, 2.75) is 23.5 Å². The lowest BCUT2D eigenvalue weighted by Gasteiger charge is -2.26. The molecule has 0 spiro atoms. The maximum Gasteiger partial charge on any atom is 0.255 e. The molecule has 2 aromatic rings. The molecule has 0 radical (unpaired) electrons. The van der Waals surface area contributed by atoms with E-state index in [1.54, 1.807) is 36.4 Å². The number of nitrogens with one attached hydrogen (secondary N) is 1. The molecule has 33 heavy (non-hydrogen) atoms. The molecule has 178 valence electrons. The Balaban J connectivity index is 1.38. The van der Waals surface area contributed by atoms with Crippen LogP contribution in [-0.4, -0.2) is 70.7 Å². The summed E-state index contributed by atoms with van der Waals surface area (Å²) >= 11 is 0. The van der Waals surface area contributed by atoms with E-state index in [-0.39, 0.29) is 16.6 Å². The van der Waals surface area contributed by atoms with Gasteiger partial charge in [-0.2, -0.15) is 4.31 Å². The maximum atomic E-state index is 12.7. The molecule has 0 atom stereocenters. The highest BCUT2D eigenvalue weighted by Gasteiger charge is 2.27. The number of nitrogens with zero attached hydrogens (tertiary/aromatic N) is 2. The zero-order valence-corrected chi connectivity index (χ0v) is 19.8. The topological polar surface area (TPSA) is 113 Å². The van der Waals surface area contributed by atoms with Gasteiger partial charge in [0.15, 0.2) is 0 Å². The zero-order valence-electron chi connectivity index (χ0n) is 18.1. The van der Waals surface area contributed by atoms with Gasteiger partial charge >= 0.3 is 0 Å². The third kappa shape index (κ3) is 5.61. The number of hydrogen-bond donors (Lipinski definition) is 1. The van der Waals surface area contributed by atoms with Gasteiger partial charge in [0.05, 0.1) is 23.9 Å². The molecule has 4 rings (SSSR count). The molecule has 0 aromatic heterocycles. The molecule has 1 amide bonds. The molecule has 0 aliphatic carbocycles. The van der Waals surface area contributed by atoms with Gasteiger partial charge in [-0.05, 0) is 54.8 Å². The van der Waals surface area contributed by atoms with Crippen molar-refractivity contribution in [3.63, 3.8) is 0 Å². The Labute approximate surface area is 194 Å². The lowest BCUT2D eigenvalue weighted by atomic mass is 10.1. The summed E-state index contributed by atoms with van der Waals surface area (Å²) in [5.41, 5.74) is 1.46. The van der Waals surface area contributed by atoms with Crippen LogP contribution < -0.4 is 5.32 Å². The summed E-state index contributed by atoms with van der Waals surface area (Å²) in [5.74, 6) is -0.457. The van der Waals surface area contributed by atoms with Gasteiger partial charge in [-0.25, -0.2) is 21.1 Å². The van der Waals surface area contributed by atoms with Gasteiger partial charge in [-0.3, -0.25) is 4.79 Å². The monoisotopic (exact) mass is 493 g/mol. The van der Waals surface area contributed by atoms with Crippen molar-refractivity contribution >= 4 is 31.6 Å². The SMILES string of the molecule is O=C(Nc1ccc(S(=O)(=O)N2CCOCC2)cc1)c1ccc(CS(=O)(=O)N2CCCC2)cc1. The quantitative estimate of drug-likeness (QED) is 0.630. The first kappa shape index (κ1) is 23.8. The molecule has 0 bridgehead atoms. The molecule has 2 saturated heterocycles. The molecule has 11 heteroatoms. The molecular weight excluding hydrogens is 466 g/mol. The van der Waals surface area contributed by atoms with Crippen LogP contribution in [0.3, 0.4) is 0 Å². The fraction of sp³-hybridized carbons (Fsp3) is 0.409. The number of carbonyl (C=O) groups excluding carboxylic acids is 1. The molecule has 9 nitrogen and oxygen atoms in total. The van der Waals surface area contributed by atoms with Crippen molar-refractivity contribution in [3.8, 4) is 0 Å². The van der Waals surface area contributed by atoms with E-state index < -0.39 is 20.0 Å². The average Bonchev–Trinajstić information content (AvgIpc) is 3.36. The van der Waals surface area contributed by atoms with E-state index in [9.17, 15) is 21.6 Å². The van der Waals surface area contributed by atoms with Crippen LogP contribution in [0, 0.1) is 0 Å². The summed E-state index contributed by atoms with van der Waals surface area (Å²) in [6, 6.07) is 12.5. The van der Waals surface area contributed by atoms with E-state index in [4.69, 9.17) is 4.74 Å². The molecule has 2 aliphatic heterocycles. The smallest absolute Gasteiger partial charge is 0.255 e. The molecular formula is C22H27N3O6S2. The van der Waals surface area contributed by atoms with E-state index >= 15 is 0 Å². The Morgan fingerprint density at radius 3 is 2.03 bits per heavy atom. The number of rotatable bonds is 7. The number of hydrogen-bond acceptors (Lipinski definition) is 6. The highest BCUT2D eigenvalue weighted by molar-refractivity contribution is 7.89. The van der Waals surface area contributed by atoms with Crippen molar-refractivity contribution in [1.82, 2.24) is 8.61 Å². The first-order valence-electron chi connectivity index (χ1n) is 10.8. The lowest BCUT2D eigenvalue weighted by molar-refractivity contribution is 0.0730. The minimum atomic E-state index is -3.60. The maximum absolute atomic E-state index is 12.7. The highest BCUT2D eigenvalue weighted by Crippen LogP contribution is 2.21. The Kier molecular flexibility index (Phi) is 7.15. The van der Waals surface area contributed by atoms with Crippen LogP contribution in [0.2, 0.25) is 0 Å². The molecule has 0 saturated carbocycles. The summed E-state index contributed by atoms with van der Waals surface area (Å²) in [6.07, 6.45) is 1.77. The number of anilines is 1. The fourth-order valence-electron chi connectivity index (χ4n) is 3.87. The molecule has 1 N–H and O–H groups in total. The molecule has 2 aromatic carbocycles. The van der Waals surface area contributed by atoms with Crippen LogP contribution in [0.4, 0.5) is 5.69 Å². The lowest BCUT2D eigenvalue weighted by Crippen LogP contribution is -2.40. The number of amides is 1. The predicted octanol–water partition coefficient (Wildman–Crippen LogP) is 1.89. The van der Waals surface area contributed by atoms with E-state index in [0.29, 0.717) is 56.2 Å². The van der Waals surface area contributed by atoms with Crippen LogP contribution in [0.1, 0.15) is 28.8 Å². The fourth-order valence-corrected chi connectivity index (χ4v) is 6.89.